The lowest BCUT2D eigenvalue weighted by atomic mass is 10.1. The number of hydrogen-bond donors (Lipinski definition) is 3. The van der Waals surface area contributed by atoms with E-state index in [1.165, 1.54) is 25.4 Å². The van der Waals surface area contributed by atoms with Crippen molar-refractivity contribution in [2.45, 2.75) is 37.1 Å². The van der Waals surface area contributed by atoms with E-state index in [4.69, 9.17) is 5.11 Å². The lowest BCUT2D eigenvalue weighted by molar-refractivity contribution is -0.138. The van der Waals surface area contributed by atoms with Crippen molar-refractivity contribution in [2.75, 3.05) is 12.4 Å². The van der Waals surface area contributed by atoms with Crippen molar-refractivity contribution >= 4 is 21.8 Å². The SMILES string of the molecule is CCCC[C@H](Nc1ccc(S(=O)(=O)NC)cn1)C(=O)O. The number of unbranched alkanes of at least 4 members (excludes halogenated alkanes) is 1. The summed E-state index contributed by atoms with van der Waals surface area (Å²) in [6, 6.07) is 2.10. The molecule has 0 bridgehead atoms. The number of rotatable bonds is 8. The van der Waals surface area contributed by atoms with Crippen molar-refractivity contribution in [3.63, 3.8) is 0 Å². The molecule has 0 unspecified atom stereocenters. The fourth-order valence-corrected chi connectivity index (χ4v) is 2.26. The smallest absolute Gasteiger partial charge is 0.326 e. The van der Waals surface area contributed by atoms with Crippen LogP contribution in [0.4, 0.5) is 5.82 Å². The summed E-state index contributed by atoms with van der Waals surface area (Å²) >= 11 is 0. The number of carboxylic acids is 1. The number of pyridine rings is 1. The normalized spacial score (nSPS) is 12.9. The van der Waals surface area contributed by atoms with Crippen molar-refractivity contribution in [1.29, 1.82) is 0 Å². The average Bonchev–Trinajstić information content (AvgIpc) is 2.43. The molecular formula is C12H19N3O4S. The highest BCUT2D eigenvalue weighted by Gasteiger charge is 2.17. The van der Waals surface area contributed by atoms with Crippen LogP contribution in [0.5, 0.6) is 0 Å². The number of aliphatic carboxylic acids is 1. The first kappa shape index (κ1) is 16.4. The molecule has 1 aromatic rings. The van der Waals surface area contributed by atoms with Gasteiger partial charge >= 0.3 is 5.97 Å². The molecule has 112 valence electrons. The second-order valence-electron chi connectivity index (χ2n) is 4.26. The van der Waals surface area contributed by atoms with Gasteiger partial charge in [0.15, 0.2) is 0 Å². The zero-order chi connectivity index (χ0) is 15.2. The molecule has 0 saturated carbocycles. The maximum atomic E-state index is 11.5. The third-order valence-corrected chi connectivity index (χ3v) is 4.18. The van der Waals surface area contributed by atoms with Crippen molar-refractivity contribution in [2.24, 2.45) is 0 Å². The molecule has 1 rings (SSSR count). The molecule has 0 saturated heterocycles. The standard InChI is InChI=1S/C12H19N3O4S/c1-3-4-5-10(12(16)17)15-11-7-6-9(8-14-11)20(18,19)13-2/h6-8,10,13H,3-5H2,1-2H3,(H,14,15)(H,16,17)/t10-/m0/s1. The molecule has 0 radical (unpaired) electrons. The second-order valence-corrected chi connectivity index (χ2v) is 6.15. The summed E-state index contributed by atoms with van der Waals surface area (Å²) in [6.07, 6.45) is 3.37. The minimum Gasteiger partial charge on any atom is -0.480 e. The Labute approximate surface area is 118 Å². The molecule has 0 amide bonds. The Bertz CT molecular complexity index is 542. The molecule has 7 nitrogen and oxygen atoms in total. The zero-order valence-electron chi connectivity index (χ0n) is 11.5. The van der Waals surface area contributed by atoms with Crippen LogP contribution < -0.4 is 10.0 Å². The van der Waals surface area contributed by atoms with E-state index < -0.39 is 22.0 Å². The molecule has 1 atom stereocenters. The largest absolute Gasteiger partial charge is 0.480 e. The van der Waals surface area contributed by atoms with Crippen LogP contribution in [-0.2, 0) is 14.8 Å². The third-order valence-electron chi connectivity index (χ3n) is 2.78. The van der Waals surface area contributed by atoms with Crippen LogP contribution in [0.3, 0.4) is 0 Å². The Hall–Kier alpha value is -1.67. The van der Waals surface area contributed by atoms with Gasteiger partial charge in [-0.3, -0.25) is 0 Å². The Morgan fingerprint density at radius 3 is 2.60 bits per heavy atom. The number of carbonyl (C=O) groups is 1. The van der Waals surface area contributed by atoms with Crippen molar-refractivity contribution in [3.05, 3.63) is 18.3 Å². The van der Waals surface area contributed by atoms with Gasteiger partial charge in [0.1, 0.15) is 16.8 Å². The molecule has 8 heteroatoms. The third kappa shape index (κ3) is 4.46. The lowest BCUT2D eigenvalue weighted by Crippen LogP contribution is -2.29. The molecule has 0 aliphatic carbocycles. The summed E-state index contributed by atoms with van der Waals surface area (Å²) in [4.78, 5) is 15.0. The minimum absolute atomic E-state index is 0.0333. The van der Waals surface area contributed by atoms with Crippen LogP contribution in [0, 0.1) is 0 Å². The lowest BCUT2D eigenvalue weighted by Gasteiger charge is -2.14. The van der Waals surface area contributed by atoms with Gasteiger partial charge in [0.2, 0.25) is 10.0 Å². The quantitative estimate of drug-likeness (QED) is 0.662. The highest BCUT2D eigenvalue weighted by Crippen LogP contribution is 2.13. The van der Waals surface area contributed by atoms with Crippen LogP contribution in [0.1, 0.15) is 26.2 Å². The fraction of sp³-hybridized carbons (Fsp3) is 0.500. The maximum absolute atomic E-state index is 11.5. The summed E-state index contributed by atoms with van der Waals surface area (Å²) in [6.45, 7) is 1.98. The first-order chi connectivity index (χ1) is 9.40. The monoisotopic (exact) mass is 301 g/mol. The molecule has 0 aromatic carbocycles. The second kappa shape index (κ2) is 7.20. The van der Waals surface area contributed by atoms with Crippen LogP contribution in [0.2, 0.25) is 0 Å². The van der Waals surface area contributed by atoms with E-state index >= 15 is 0 Å². The number of hydrogen-bond acceptors (Lipinski definition) is 5. The molecule has 1 aromatic heterocycles. The molecule has 1 heterocycles. The van der Waals surface area contributed by atoms with E-state index in [0.29, 0.717) is 12.2 Å². The summed E-state index contributed by atoms with van der Waals surface area (Å²) in [5.41, 5.74) is 0. The van der Waals surface area contributed by atoms with Gasteiger partial charge in [0.05, 0.1) is 0 Å². The molecule has 0 fully saturated rings. The van der Waals surface area contributed by atoms with Gasteiger partial charge in [0, 0.05) is 6.20 Å². The summed E-state index contributed by atoms with van der Waals surface area (Å²) in [7, 11) is -2.22. The molecule has 0 aliphatic heterocycles. The number of nitrogens with zero attached hydrogens (tertiary/aromatic N) is 1. The van der Waals surface area contributed by atoms with E-state index in [-0.39, 0.29) is 4.90 Å². The minimum atomic E-state index is -3.53. The first-order valence-electron chi connectivity index (χ1n) is 6.29. The maximum Gasteiger partial charge on any atom is 0.326 e. The zero-order valence-corrected chi connectivity index (χ0v) is 12.3. The van der Waals surface area contributed by atoms with E-state index in [1.807, 2.05) is 6.92 Å². The van der Waals surface area contributed by atoms with Crippen LogP contribution in [0.15, 0.2) is 23.2 Å². The van der Waals surface area contributed by atoms with Gasteiger partial charge in [0.25, 0.3) is 0 Å². The van der Waals surface area contributed by atoms with Crippen molar-refractivity contribution < 1.29 is 18.3 Å². The van der Waals surface area contributed by atoms with E-state index in [2.05, 4.69) is 15.0 Å². The van der Waals surface area contributed by atoms with E-state index in [1.54, 1.807) is 0 Å². The van der Waals surface area contributed by atoms with Crippen LogP contribution in [0.25, 0.3) is 0 Å². The number of aromatic nitrogens is 1. The molecule has 0 spiro atoms. The van der Waals surface area contributed by atoms with E-state index in [0.717, 1.165) is 12.8 Å². The fourth-order valence-electron chi connectivity index (χ4n) is 1.59. The van der Waals surface area contributed by atoms with Crippen molar-refractivity contribution in [3.8, 4) is 0 Å². The highest BCUT2D eigenvalue weighted by molar-refractivity contribution is 7.89. The van der Waals surface area contributed by atoms with Gasteiger partial charge in [-0.15, -0.1) is 0 Å². The van der Waals surface area contributed by atoms with Gasteiger partial charge in [-0.1, -0.05) is 19.8 Å². The summed E-state index contributed by atoms with van der Waals surface area (Å²) in [5, 5.41) is 11.9. The molecular weight excluding hydrogens is 282 g/mol. The Kier molecular flexibility index (Phi) is 5.90. The number of nitrogens with one attached hydrogen (secondary N) is 2. The van der Waals surface area contributed by atoms with Crippen molar-refractivity contribution in [1.82, 2.24) is 9.71 Å². The average molecular weight is 301 g/mol. The van der Waals surface area contributed by atoms with Gasteiger partial charge in [-0.2, -0.15) is 0 Å². The van der Waals surface area contributed by atoms with Crippen LogP contribution in [-0.4, -0.2) is 37.6 Å². The highest BCUT2D eigenvalue weighted by atomic mass is 32.2. The van der Waals surface area contributed by atoms with Gasteiger partial charge in [-0.25, -0.2) is 22.9 Å². The summed E-state index contributed by atoms with van der Waals surface area (Å²) < 4.78 is 25.2. The Morgan fingerprint density at radius 1 is 1.45 bits per heavy atom. The topological polar surface area (TPSA) is 108 Å². The molecule has 20 heavy (non-hydrogen) atoms. The first-order valence-corrected chi connectivity index (χ1v) is 7.78. The predicted molar refractivity (Wildman–Crippen MR) is 75.1 cm³/mol. The number of sulfonamides is 1. The number of anilines is 1. The number of carboxylic acid groups (broad SMARTS) is 1. The van der Waals surface area contributed by atoms with Gasteiger partial charge in [-0.05, 0) is 25.6 Å². The molecule has 3 N–H and O–H groups in total. The van der Waals surface area contributed by atoms with Crippen LogP contribution >= 0.6 is 0 Å². The van der Waals surface area contributed by atoms with Gasteiger partial charge < -0.3 is 10.4 Å². The van der Waals surface area contributed by atoms with E-state index in [9.17, 15) is 13.2 Å². The Balaban J connectivity index is 2.80. The Morgan fingerprint density at radius 2 is 2.15 bits per heavy atom. The summed E-state index contributed by atoms with van der Waals surface area (Å²) in [5.74, 6) is -0.615. The molecule has 0 aliphatic rings. The predicted octanol–water partition coefficient (Wildman–Crippen LogP) is 1.04.